The zero-order valence-corrected chi connectivity index (χ0v) is 12.9. The van der Waals surface area contributed by atoms with Crippen LogP contribution in [0.1, 0.15) is 31.9 Å². The molecule has 0 spiro atoms. The van der Waals surface area contributed by atoms with Crippen molar-refractivity contribution in [2.75, 3.05) is 0 Å². The number of halogens is 1. The van der Waals surface area contributed by atoms with Gasteiger partial charge in [-0.1, -0.05) is 0 Å². The normalized spacial score (nSPS) is 11.5. The highest BCUT2D eigenvalue weighted by Gasteiger charge is 2.09. The number of pyridine rings is 1. The van der Waals surface area contributed by atoms with Crippen molar-refractivity contribution in [2.24, 2.45) is 0 Å². The Kier molecular flexibility index (Phi) is 4.58. The quantitative estimate of drug-likeness (QED) is 0.915. The van der Waals surface area contributed by atoms with Gasteiger partial charge < -0.3 is 10.1 Å². The maximum atomic E-state index is 13.1. The highest BCUT2D eigenvalue weighted by atomic mass is 19.1. The Morgan fingerprint density at radius 1 is 1.19 bits per heavy atom. The number of aryl methyl sites for hydroxylation is 1. The summed E-state index contributed by atoms with van der Waals surface area (Å²) in [5, 5.41) is 3.42. The Hall–Kier alpha value is -1.94. The number of hydrogen-bond donors (Lipinski definition) is 1. The summed E-state index contributed by atoms with van der Waals surface area (Å²) in [7, 11) is 0. The number of aromatic nitrogens is 1. The number of hydrogen-bond acceptors (Lipinski definition) is 3. The summed E-state index contributed by atoms with van der Waals surface area (Å²) in [5.41, 5.74) is 1.89. The van der Waals surface area contributed by atoms with E-state index in [4.69, 9.17) is 4.74 Å². The van der Waals surface area contributed by atoms with Gasteiger partial charge in [0.15, 0.2) is 0 Å². The predicted molar refractivity (Wildman–Crippen MR) is 82.0 cm³/mol. The van der Waals surface area contributed by atoms with Gasteiger partial charge in [-0.3, -0.25) is 0 Å². The molecule has 0 saturated heterocycles. The van der Waals surface area contributed by atoms with E-state index in [1.54, 1.807) is 12.3 Å². The first kappa shape index (κ1) is 15.4. The van der Waals surface area contributed by atoms with Crippen molar-refractivity contribution in [2.45, 2.75) is 39.8 Å². The molecule has 0 radical (unpaired) electrons. The van der Waals surface area contributed by atoms with Gasteiger partial charge in [-0.25, -0.2) is 9.37 Å². The molecule has 0 fully saturated rings. The third-order valence-electron chi connectivity index (χ3n) is 2.97. The van der Waals surface area contributed by atoms with Gasteiger partial charge in [0, 0.05) is 24.3 Å². The van der Waals surface area contributed by atoms with Crippen LogP contribution in [0.15, 0.2) is 36.5 Å². The van der Waals surface area contributed by atoms with E-state index in [1.165, 1.54) is 12.1 Å². The van der Waals surface area contributed by atoms with Crippen LogP contribution in [-0.4, -0.2) is 10.5 Å². The van der Waals surface area contributed by atoms with Crippen LogP contribution >= 0.6 is 0 Å². The molecule has 0 saturated carbocycles. The van der Waals surface area contributed by atoms with Crippen molar-refractivity contribution in [3.05, 3.63) is 53.5 Å². The lowest BCUT2D eigenvalue weighted by atomic mass is 10.1. The third kappa shape index (κ3) is 4.83. The van der Waals surface area contributed by atoms with Crippen LogP contribution in [0.4, 0.5) is 4.39 Å². The summed E-state index contributed by atoms with van der Waals surface area (Å²) in [6.07, 6.45) is 1.72. The molecule has 112 valence electrons. The molecular weight excluding hydrogens is 267 g/mol. The minimum atomic E-state index is -0.268. The van der Waals surface area contributed by atoms with Crippen LogP contribution in [-0.2, 0) is 6.54 Å². The third-order valence-corrected chi connectivity index (χ3v) is 2.97. The van der Waals surface area contributed by atoms with Crippen LogP contribution < -0.4 is 10.1 Å². The van der Waals surface area contributed by atoms with E-state index in [0.29, 0.717) is 11.6 Å². The summed E-state index contributed by atoms with van der Waals surface area (Å²) in [6.45, 7) is 8.91. The Morgan fingerprint density at radius 3 is 2.62 bits per heavy atom. The molecule has 0 bridgehead atoms. The summed E-state index contributed by atoms with van der Waals surface area (Å²) < 4.78 is 18.8. The molecule has 3 nitrogen and oxygen atoms in total. The molecule has 0 aliphatic carbocycles. The van der Waals surface area contributed by atoms with Crippen LogP contribution in [0.3, 0.4) is 0 Å². The fourth-order valence-electron chi connectivity index (χ4n) is 1.82. The van der Waals surface area contributed by atoms with Crippen molar-refractivity contribution in [1.82, 2.24) is 10.3 Å². The van der Waals surface area contributed by atoms with E-state index >= 15 is 0 Å². The van der Waals surface area contributed by atoms with E-state index in [-0.39, 0.29) is 11.4 Å². The van der Waals surface area contributed by atoms with Crippen molar-refractivity contribution < 1.29 is 9.13 Å². The average Bonchev–Trinajstić information content (AvgIpc) is 2.39. The lowest BCUT2D eigenvalue weighted by Crippen LogP contribution is -2.35. The Morgan fingerprint density at radius 2 is 1.95 bits per heavy atom. The van der Waals surface area contributed by atoms with E-state index in [0.717, 1.165) is 17.7 Å². The Labute approximate surface area is 125 Å². The Bertz CT molecular complexity index is 620. The predicted octanol–water partition coefficient (Wildman–Crippen LogP) is 4.21. The van der Waals surface area contributed by atoms with Crippen LogP contribution in [0.5, 0.6) is 11.6 Å². The molecule has 1 heterocycles. The molecule has 0 aliphatic rings. The topological polar surface area (TPSA) is 34.1 Å². The molecule has 0 amide bonds. The van der Waals surface area contributed by atoms with Crippen molar-refractivity contribution in [3.8, 4) is 11.6 Å². The zero-order chi connectivity index (χ0) is 15.5. The van der Waals surface area contributed by atoms with Gasteiger partial charge in [-0.2, -0.15) is 0 Å². The second-order valence-electron chi connectivity index (χ2n) is 6.12. The smallest absolute Gasteiger partial charge is 0.219 e. The molecule has 4 heteroatoms. The second-order valence-corrected chi connectivity index (χ2v) is 6.12. The van der Waals surface area contributed by atoms with E-state index in [2.05, 4.69) is 31.1 Å². The summed E-state index contributed by atoms with van der Waals surface area (Å²) in [4.78, 5) is 4.20. The molecule has 1 aromatic heterocycles. The fourth-order valence-corrected chi connectivity index (χ4v) is 1.82. The highest BCUT2D eigenvalue weighted by molar-refractivity contribution is 5.36. The van der Waals surface area contributed by atoms with E-state index in [1.807, 2.05) is 19.1 Å². The minimum absolute atomic E-state index is 0.0534. The molecule has 21 heavy (non-hydrogen) atoms. The standard InChI is InChI=1S/C17H21FN2O/c1-12-9-14(18)5-6-15(12)21-16-10-13(7-8-19-16)11-20-17(2,3)4/h5-10,20H,11H2,1-4H3. The first-order valence-corrected chi connectivity index (χ1v) is 6.97. The lowest BCUT2D eigenvalue weighted by Gasteiger charge is -2.20. The van der Waals surface area contributed by atoms with Crippen molar-refractivity contribution in [1.29, 1.82) is 0 Å². The molecule has 0 atom stereocenters. The van der Waals surface area contributed by atoms with Crippen LogP contribution in [0.25, 0.3) is 0 Å². The molecule has 0 unspecified atom stereocenters. The van der Waals surface area contributed by atoms with Crippen molar-refractivity contribution in [3.63, 3.8) is 0 Å². The number of rotatable bonds is 4. The second kappa shape index (κ2) is 6.22. The van der Waals surface area contributed by atoms with Crippen LogP contribution in [0, 0.1) is 12.7 Å². The van der Waals surface area contributed by atoms with Crippen molar-refractivity contribution >= 4 is 0 Å². The summed E-state index contributed by atoms with van der Waals surface area (Å²) in [6, 6.07) is 8.28. The van der Waals surface area contributed by atoms with Gasteiger partial charge in [0.2, 0.25) is 5.88 Å². The van der Waals surface area contributed by atoms with E-state index in [9.17, 15) is 4.39 Å². The maximum absolute atomic E-state index is 13.1. The number of nitrogens with zero attached hydrogens (tertiary/aromatic N) is 1. The lowest BCUT2D eigenvalue weighted by molar-refractivity contribution is 0.421. The Balaban J connectivity index is 2.10. The molecule has 2 aromatic rings. The fraction of sp³-hybridized carbons (Fsp3) is 0.353. The first-order valence-electron chi connectivity index (χ1n) is 6.97. The molecule has 2 rings (SSSR count). The maximum Gasteiger partial charge on any atom is 0.219 e. The van der Waals surface area contributed by atoms with E-state index < -0.39 is 0 Å². The number of nitrogens with one attached hydrogen (secondary N) is 1. The van der Waals surface area contributed by atoms with Gasteiger partial charge in [-0.15, -0.1) is 0 Å². The largest absolute Gasteiger partial charge is 0.439 e. The van der Waals surface area contributed by atoms with Gasteiger partial charge >= 0.3 is 0 Å². The van der Waals surface area contributed by atoms with Gasteiger partial charge in [0.05, 0.1) is 0 Å². The zero-order valence-electron chi connectivity index (χ0n) is 12.9. The first-order chi connectivity index (χ1) is 9.83. The summed E-state index contributed by atoms with van der Waals surface area (Å²) in [5.74, 6) is 0.860. The van der Waals surface area contributed by atoms with Gasteiger partial charge in [-0.05, 0) is 63.1 Å². The molecular formula is C17H21FN2O. The monoisotopic (exact) mass is 288 g/mol. The number of benzene rings is 1. The SMILES string of the molecule is Cc1cc(F)ccc1Oc1cc(CNC(C)(C)C)ccn1. The number of ether oxygens (including phenoxy) is 1. The average molecular weight is 288 g/mol. The van der Waals surface area contributed by atoms with Crippen LogP contribution in [0.2, 0.25) is 0 Å². The highest BCUT2D eigenvalue weighted by Crippen LogP contribution is 2.24. The minimum Gasteiger partial charge on any atom is -0.439 e. The molecule has 1 aromatic carbocycles. The molecule has 0 aliphatic heterocycles. The van der Waals surface area contributed by atoms with Gasteiger partial charge in [0.1, 0.15) is 11.6 Å². The molecule has 1 N–H and O–H groups in total. The summed E-state index contributed by atoms with van der Waals surface area (Å²) >= 11 is 0. The van der Waals surface area contributed by atoms with Gasteiger partial charge in [0.25, 0.3) is 0 Å².